The lowest BCUT2D eigenvalue weighted by atomic mass is 10.0. The molecular weight excluding hydrogens is 224 g/mol. The number of rotatable bonds is 8. The van der Waals surface area contributed by atoms with Gasteiger partial charge in [-0.1, -0.05) is 38.3 Å². The molecule has 0 heterocycles. The first-order valence-corrected chi connectivity index (χ1v) is 6.83. The maximum atomic E-state index is 11.9. The Labute approximate surface area is 110 Å². The predicted octanol–water partition coefficient (Wildman–Crippen LogP) is 4.08. The van der Waals surface area contributed by atoms with E-state index in [1.54, 1.807) is 0 Å². The number of Topliss-reactive ketones (excluding diaryl/α,β-unsaturated/α-hetero) is 1. The molecule has 0 radical (unpaired) electrons. The number of hydrogen-bond acceptors (Lipinski definition) is 2. The molecule has 0 bridgehead atoms. The molecule has 0 saturated carbocycles. The highest BCUT2D eigenvalue weighted by Gasteiger charge is 2.06. The zero-order valence-corrected chi connectivity index (χ0v) is 11.8. The van der Waals surface area contributed by atoms with E-state index < -0.39 is 0 Å². The average molecular weight is 248 g/mol. The highest BCUT2D eigenvalue weighted by molar-refractivity contribution is 5.97. The predicted molar refractivity (Wildman–Crippen MR) is 75.2 cm³/mol. The monoisotopic (exact) mass is 248 g/mol. The highest BCUT2D eigenvalue weighted by Crippen LogP contribution is 2.10. The second kappa shape index (κ2) is 8.04. The molecule has 2 nitrogen and oxygen atoms in total. The van der Waals surface area contributed by atoms with E-state index in [9.17, 15) is 4.79 Å². The number of unbranched alkanes of at least 4 members (excludes halogenated alkanes) is 3. The van der Waals surface area contributed by atoms with Crippen molar-refractivity contribution >= 4 is 5.78 Å². The van der Waals surface area contributed by atoms with E-state index in [0.29, 0.717) is 6.61 Å². The van der Waals surface area contributed by atoms with Gasteiger partial charge in [0.25, 0.3) is 0 Å². The summed E-state index contributed by atoms with van der Waals surface area (Å²) in [5.74, 6) is 0.0774. The first kappa shape index (κ1) is 14.9. The van der Waals surface area contributed by atoms with Gasteiger partial charge in [0, 0.05) is 12.2 Å². The largest absolute Gasteiger partial charge is 0.373 e. The minimum Gasteiger partial charge on any atom is -0.373 e. The molecule has 0 saturated heterocycles. The Morgan fingerprint density at radius 2 is 1.89 bits per heavy atom. The van der Waals surface area contributed by atoms with E-state index in [-0.39, 0.29) is 12.4 Å². The third-order valence-electron chi connectivity index (χ3n) is 3.20. The van der Waals surface area contributed by atoms with Crippen molar-refractivity contribution in [3.05, 3.63) is 34.9 Å². The van der Waals surface area contributed by atoms with Gasteiger partial charge in [0.1, 0.15) is 6.61 Å². The van der Waals surface area contributed by atoms with Gasteiger partial charge in [-0.2, -0.15) is 0 Å². The number of benzene rings is 1. The van der Waals surface area contributed by atoms with E-state index in [0.717, 1.165) is 17.5 Å². The van der Waals surface area contributed by atoms with Gasteiger partial charge < -0.3 is 4.74 Å². The maximum Gasteiger partial charge on any atom is 0.188 e. The fourth-order valence-corrected chi connectivity index (χ4v) is 1.79. The number of hydrogen-bond donors (Lipinski definition) is 0. The first-order chi connectivity index (χ1) is 8.65. The molecule has 1 aromatic rings. The van der Waals surface area contributed by atoms with Gasteiger partial charge in [0.15, 0.2) is 5.78 Å². The lowest BCUT2D eigenvalue weighted by Gasteiger charge is -2.06. The van der Waals surface area contributed by atoms with E-state index in [1.165, 1.54) is 24.8 Å². The zero-order chi connectivity index (χ0) is 13.4. The molecule has 100 valence electrons. The Kier molecular flexibility index (Phi) is 6.66. The molecule has 0 aromatic heterocycles. The summed E-state index contributed by atoms with van der Waals surface area (Å²) in [5, 5.41) is 0. The van der Waals surface area contributed by atoms with Crippen LogP contribution in [-0.2, 0) is 4.74 Å². The molecule has 0 aliphatic rings. The molecule has 0 aliphatic carbocycles. The van der Waals surface area contributed by atoms with Gasteiger partial charge in [0.05, 0.1) is 0 Å². The molecule has 0 unspecified atom stereocenters. The summed E-state index contributed by atoms with van der Waals surface area (Å²) in [4.78, 5) is 11.9. The van der Waals surface area contributed by atoms with Crippen LogP contribution < -0.4 is 0 Å². The molecule has 2 heteroatoms. The van der Waals surface area contributed by atoms with Crippen molar-refractivity contribution in [2.75, 3.05) is 13.2 Å². The third kappa shape index (κ3) is 5.01. The van der Waals surface area contributed by atoms with Crippen LogP contribution in [0.5, 0.6) is 0 Å². The second-order valence-corrected chi connectivity index (χ2v) is 4.84. The Bertz CT molecular complexity index is 383. The van der Waals surface area contributed by atoms with Gasteiger partial charge in [-0.3, -0.25) is 4.79 Å². The summed E-state index contributed by atoms with van der Waals surface area (Å²) in [6, 6.07) is 5.81. The number of ketones is 1. The summed E-state index contributed by atoms with van der Waals surface area (Å²) >= 11 is 0. The normalized spacial score (nSPS) is 10.6. The molecule has 0 aliphatic heterocycles. The molecule has 0 fully saturated rings. The number of aryl methyl sites for hydroxylation is 2. The smallest absolute Gasteiger partial charge is 0.188 e. The topological polar surface area (TPSA) is 26.3 Å². The summed E-state index contributed by atoms with van der Waals surface area (Å²) in [6.07, 6.45) is 4.71. The third-order valence-corrected chi connectivity index (χ3v) is 3.20. The lowest BCUT2D eigenvalue weighted by molar-refractivity contribution is 0.0752. The summed E-state index contributed by atoms with van der Waals surface area (Å²) < 4.78 is 5.42. The van der Waals surface area contributed by atoms with Crippen LogP contribution in [0, 0.1) is 13.8 Å². The van der Waals surface area contributed by atoms with Crippen molar-refractivity contribution < 1.29 is 9.53 Å². The maximum absolute atomic E-state index is 11.9. The minimum atomic E-state index is 0.0774. The van der Waals surface area contributed by atoms with Crippen molar-refractivity contribution in [3.8, 4) is 0 Å². The van der Waals surface area contributed by atoms with Crippen molar-refractivity contribution in [2.45, 2.75) is 46.5 Å². The van der Waals surface area contributed by atoms with Crippen LogP contribution in [0.3, 0.4) is 0 Å². The van der Waals surface area contributed by atoms with Crippen LogP contribution in [-0.4, -0.2) is 19.0 Å². The molecule has 1 rings (SSSR count). The van der Waals surface area contributed by atoms with E-state index in [4.69, 9.17) is 4.74 Å². The molecule has 0 amide bonds. The number of ether oxygens (including phenoxy) is 1. The SMILES string of the molecule is CCCCCCOCC(=O)c1ccc(C)c(C)c1. The second-order valence-electron chi connectivity index (χ2n) is 4.84. The molecule has 1 aromatic carbocycles. The van der Waals surface area contributed by atoms with Crippen molar-refractivity contribution in [3.63, 3.8) is 0 Å². The fourth-order valence-electron chi connectivity index (χ4n) is 1.79. The molecule has 0 N–H and O–H groups in total. The zero-order valence-electron chi connectivity index (χ0n) is 11.8. The van der Waals surface area contributed by atoms with Crippen LogP contribution >= 0.6 is 0 Å². The highest BCUT2D eigenvalue weighted by atomic mass is 16.5. The van der Waals surface area contributed by atoms with Gasteiger partial charge in [-0.25, -0.2) is 0 Å². The van der Waals surface area contributed by atoms with Gasteiger partial charge in [-0.05, 0) is 37.5 Å². The van der Waals surface area contributed by atoms with Crippen LogP contribution in [0.4, 0.5) is 0 Å². The Balaban J connectivity index is 2.30. The Hall–Kier alpha value is -1.15. The van der Waals surface area contributed by atoms with Gasteiger partial charge in [-0.15, -0.1) is 0 Å². The van der Waals surface area contributed by atoms with Crippen LogP contribution in [0.2, 0.25) is 0 Å². The quantitative estimate of drug-likeness (QED) is 0.512. The van der Waals surface area contributed by atoms with Crippen molar-refractivity contribution in [1.29, 1.82) is 0 Å². The van der Waals surface area contributed by atoms with Crippen molar-refractivity contribution in [2.24, 2.45) is 0 Å². The average Bonchev–Trinajstić information content (AvgIpc) is 2.36. The summed E-state index contributed by atoms with van der Waals surface area (Å²) in [6.45, 7) is 7.15. The molecule has 0 spiro atoms. The van der Waals surface area contributed by atoms with Gasteiger partial charge >= 0.3 is 0 Å². The molecular formula is C16H24O2. The molecule has 18 heavy (non-hydrogen) atoms. The van der Waals surface area contributed by atoms with E-state index >= 15 is 0 Å². The van der Waals surface area contributed by atoms with Gasteiger partial charge in [0.2, 0.25) is 0 Å². The van der Waals surface area contributed by atoms with Crippen LogP contribution in [0.25, 0.3) is 0 Å². The lowest BCUT2D eigenvalue weighted by Crippen LogP contribution is -2.10. The standard InChI is InChI=1S/C16H24O2/c1-4-5-6-7-10-18-12-16(17)15-9-8-13(2)14(3)11-15/h8-9,11H,4-7,10,12H2,1-3H3. The number of carbonyl (C=O) groups excluding carboxylic acids is 1. The van der Waals surface area contributed by atoms with E-state index in [2.05, 4.69) is 6.92 Å². The summed E-state index contributed by atoms with van der Waals surface area (Å²) in [7, 11) is 0. The van der Waals surface area contributed by atoms with Crippen molar-refractivity contribution in [1.82, 2.24) is 0 Å². The fraction of sp³-hybridized carbons (Fsp3) is 0.562. The first-order valence-electron chi connectivity index (χ1n) is 6.83. The van der Waals surface area contributed by atoms with E-state index in [1.807, 2.05) is 32.0 Å². The Morgan fingerprint density at radius 3 is 2.56 bits per heavy atom. The molecule has 0 atom stereocenters. The summed E-state index contributed by atoms with van der Waals surface area (Å²) in [5.41, 5.74) is 3.13. The van der Waals surface area contributed by atoms with Crippen LogP contribution in [0.15, 0.2) is 18.2 Å². The van der Waals surface area contributed by atoms with Crippen LogP contribution in [0.1, 0.15) is 54.1 Å². The number of carbonyl (C=O) groups is 1. The minimum absolute atomic E-state index is 0.0774. The Morgan fingerprint density at radius 1 is 1.11 bits per heavy atom.